The van der Waals surface area contributed by atoms with Gasteiger partial charge in [-0.25, -0.2) is 4.98 Å². The van der Waals surface area contributed by atoms with E-state index in [1.54, 1.807) is 0 Å². The van der Waals surface area contributed by atoms with Crippen LogP contribution in [0.1, 0.15) is 16.9 Å². The van der Waals surface area contributed by atoms with E-state index in [1.807, 2.05) is 13.0 Å². The van der Waals surface area contributed by atoms with E-state index in [0.29, 0.717) is 0 Å². The number of nitrogens with one attached hydrogen (secondary N) is 1. The molecule has 3 aromatic rings. The van der Waals surface area contributed by atoms with E-state index in [-0.39, 0.29) is 0 Å². The molecule has 0 unspecified atom stereocenters. The van der Waals surface area contributed by atoms with Crippen molar-refractivity contribution in [2.45, 2.75) is 20.8 Å². The molecule has 0 saturated carbocycles. The fourth-order valence-corrected chi connectivity index (χ4v) is 2.07. The van der Waals surface area contributed by atoms with Gasteiger partial charge in [-0.15, -0.1) is 0 Å². The molecule has 2 aromatic heterocycles. The van der Waals surface area contributed by atoms with Crippen molar-refractivity contribution in [3.8, 4) is 11.5 Å². The van der Waals surface area contributed by atoms with Gasteiger partial charge in [0.1, 0.15) is 11.5 Å². The lowest BCUT2D eigenvalue weighted by molar-refractivity contribution is 0.399. The van der Waals surface area contributed by atoms with Gasteiger partial charge in [0, 0.05) is 6.07 Å². The number of imidazole rings is 1. The fraction of sp³-hybridized carbons (Fsp3) is 0.231. The van der Waals surface area contributed by atoms with E-state index in [0.717, 1.165) is 28.3 Å². The Balaban J connectivity index is 2.23. The van der Waals surface area contributed by atoms with Gasteiger partial charge < -0.3 is 9.51 Å². The summed E-state index contributed by atoms with van der Waals surface area (Å²) < 4.78 is 5.06. The molecule has 0 saturated heterocycles. The van der Waals surface area contributed by atoms with Gasteiger partial charge in [0.15, 0.2) is 5.82 Å². The van der Waals surface area contributed by atoms with E-state index in [1.165, 1.54) is 11.1 Å². The molecule has 0 bridgehead atoms. The van der Waals surface area contributed by atoms with E-state index in [4.69, 9.17) is 4.52 Å². The molecule has 1 N–H and O–H groups in total. The highest BCUT2D eigenvalue weighted by Crippen LogP contribution is 2.23. The summed E-state index contributed by atoms with van der Waals surface area (Å²) in [5.74, 6) is 1.54. The van der Waals surface area contributed by atoms with Crippen LogP contribution in [0, 0.1) is 20.8 Å². The summed E-state index contributed by atoms with van der Waals surface area (Å²) in [5.41, 5.74) is 5.17. The van der Waals surface area contributed by atoms with Crippen molar-refractivity contribution in [1.82, 2.24) is 15.1 Å². The SMILES string of the molecule is Cc1cc(C)c2nc(-c3cc(C)on3)[nH]c2c1. The van der Waals surface area contributed by atoms with Gasteiger partial charge in [-0.3, -0.25) is 0 Å². The number of nitrogens with zero attached hydrogens (tertiary/aromatic N) is 2. The number of H-pyrrole nitrogens is 1. The second kappa shape index (κ2) is 3.45. The number of benzene rings is 1. The predicted octanol–water partition coefficient (Wildman–Crippen LogP) is 3.14. The molecule has 0 amide bonds. The summed E-state index contributed by atoms with van der Waals surface area (Å²) in [5, 5.41) is 3.96. The van der Waals surface area contributed by atoms with E-state index < -0.39 is 0 Å². The van der Waals surface area contributed by atoms with Crippen LogP contribution in [0.15, 0.2) is 22.7 Å². The summed E-state index contributed by atoms with van der Waals surface area (Å²) in [6.07, 6.45) is 0. The Bertz CT molecular complexity index is 694. The van der Waals surface area contributed by atoms with Crippen molar-refractivity contribution < 1.29 is 4.52 Å². The first-order valence-electron chi connectivity index (χ1n) is 5.54. The van der Waals surface area contributed by atoms with Crippen LogP contribution < -0.4 is 0 Å². The van der Waals surface area contributed by atoms with Crippen LogP contribution >= 0.6 is 0 Å². The van der Waals surface area contributed by atoms with Gasteiger partial charge in [0.05, 0.1) is 11.0 Å². The van der Waals surface area contributed by atoms with Crippen LogP contribution in [-0.4, -0.2) is 15.1 Å². The molecule has 0 spiro atoms. The lowest BCUT2D eigenvalue weighted by atomic mass is 10.1. The molecule has 4 heteroatoms. The molecule has 0 aliphatic heterocycles. The molecule has 3 rings (SSSR count). The lowest BCUT2D eigenvalue weighted by Crippen LogP contribution is -1.79. The number of aryl methyl sites for hydroxylation is 3. The molecule has 0 aliphatic rings. The van der Waals surface area contributed by atoms with Crippen molar-refractivity contribution >= 4 is 11.0 Å². The highest BCUT2D eigenvalue weighted by atomic mass is 16.5. The third-order valence-electron chi connectivity index (χ3n) is 2.79. The molecule has 0 fully saturated rings. The Kier molecular flexibility index (Phi) is 2.04. The van der Waals surface area contributed by atoms with Crippen LogP contribution in [0.3, 0.4) is 0 Å². The van der Waals surface area contributed by atoms with E-state index >= 15 is 0 Å². The third-order valence-corrected chi connectivity index (χ3v) is 2.79. The zero-order chi connectivity index (χ0) is 12.0. The highest BCUT2D eigenvalue weighted by molar-refractivity contribution is 5.82. The Morgan fingerprint density at radius 2 is 1.94 bits per heavy atom. The van der Waals surface area contributed by atoms with Gasteiger partial charge in [-0.1, -0.05) is 11.2 Å². The van der Waals surface area contributed by atoms with Gasteiger partial charge in [-0.2, -0.15) is 0 Å². The molecule has 0 aliphatic carbocycles. The monoisotopic (exact) mass is 227 g/mol. The maximum absolute atomic E-state index is 5.06. The summed E-state index contributed by atoms with van der Waals surface area (Å²) in [4.78, 5) is 7.83. The maximum atomic E-state index is 5.06. The van der Waals surface area contributed by atoms with E-state index in [2.05, 4.69) is 41.1 Å². The number of hydrogen-bond acceptors (Lipinski definition) is 3. The molecule has 17 heavy (non-hydrogen) atoms. The molecule has 1 aromatic carbocycles. The fourth-order valence-electron chi connectivity index (χ4n) is 2.07. The molecule has 4 nitrogen and oxygen atoms in total. The van der Waals surface area contributed by atoms with Crippen molar-refractivity contribution in [3.05, 3.63) is 35.1 Å². The largest absolute Gasteiger partial charge is 0.361 e. The van der Waals surface area contributed by atoms with Crippen molar-refractivity contribution in [2.24, 2.45) is 0 Å². The zero-order valence-corrected chi connectivity index (χ0v) is 10.0. The average molecular weight is 227 g/mol. The zero-order valence-electron chi connectivity index (χ0n) is 10.0. The van der Waals surface area contributed by atoms with Crippen molar-refractivity contribution in [1.29, 1.82) is 0 Å². The predicted molar refractivity (Wildman–Crippen MR) is 65.8 cm³/mol. The molecular formula is C13H13N3O. The first kappa shape index (κ1) is 10.1. The molecule has 2 heterocycles. The molecule has 86 valence electrons. The van der Waals surface area contributed by atoms with Crippen LogP contribution in [0.4, 0.5) is 0 Å². The van der Waals surface area contributed by atoms with Crippen molar-refractivity contribution in [3.63, 3.8) is 0 Å². The first-order valence-corrected chi connectivity index (χ1v) is 5.54. The standard InChI is InChI=1S/C13H13N3O/c1-7-4-8(2)12-10(5-7)14-13(15-12)11-6-9(3)17-16-11/h4-6H,1-3H3,(H,14,15). The van der Waals surface area contributed by atoms with Crippen LogP contribution in [0.25, 0.3) is 22.6 Å². The van der Waals surface area contributed by atoms with Crippen LogP contribution in [0.5, 0.6) is 0 Å². The van der Waals surface area contributed by atoms with Crippen molar-refractivity contribution in [2.75, 3.05) is 0 Å². The Labute approximate surface area is 98.7 Å². The lowest BCUT2D eigenvalue weighted by Gasteiger charge is -1.96. The summed E-state index contributed by atoms with van der Waals surface area (Å²) in [7, 11) is 0. The minimum Gasteiger partial charge on any atom is -0.361 e. The van der Waals surface area contributed by atoms with Gasteiger partial charge >= 0.3 is 0 Å². The number of rotatable bonds is 1. The topological polar surface area (TPSA) is 54.7 Å². The second-order valence-electron chi connectivity index (χ2n) is 4.39. The second-order valence-corrected chi connectivity index (χ2v) is 4.39. The van der Waals surface area contributed by atoms with Gasteiger partial charge in [-0.05, 0) is 38.0 Å². The first-order chi connectivity index (χ1) is 8.13. The Morgan fingerprint density at radius 3 is 2.65 bits per heavy atom. The Morgan fingerprint density at radius 1 is 1.12 bits per heavy atom. The van der Waals surface area contributed by atoms with Crippen LogP contribution in [-0.2, 0) is 0 Å². The highest BCUT2D eigenvalue weighted by Gasteiger charge is 2.10. The molecular weight excluding hydrogens is 214 g/mol. The number of fused-ring (bicyclic) bond motifs is 1. The van der Waals surface area contributed by atoms with Crippen LogP contribution in [0.2, 0.25) is 0 Å². The normalized spacial score (nSPS) is 11.2. The quantitative estimate of drug-likeness (QED) is 0.694. The number of aromatic amines is 1. The summed E-state index contributed by atoms with van der Waals surface area (Å²) >= 11 is 0. The summed E-state index contributed by atoms with van der Waals surface area (Å²) in [6.45, 7) is 6.01. The number of aromatic nitrogens is 3. The third kappa shape index (κ3) is 1.62. The smallest absolute Gasteiger partial charge is 0.160 e. The minimum atomic E-state index is 0.746. The number of hydrogen-bond donors (Lipinski definition) is 1. The van der Waals surface area contributed by atoms with E-state index in [9.17, 15) is 0 Å². The molecule has 0 atom stereocenters. The van der Waals surface area contributed by atoms with Gasteiger partial charge in [0.2, 0.25) is 0 Å². The summed E-state index contributed by atoms with van der Waals surface area (Å²) in [6, 6.07) is 6.09. The molecule has 0 radical (unpaired) electrons. The average Bonchev–Trinajstić information content (AvgIpc) is 2.83. The van der Waals surface area contributed by atoms with Gasteiger partial charge in [0.25, 0.3) is 0 Å². The Hall–Kier alpha value is -2.10. The minimum absolute atomic E-state index is 0.746. The maximum Gasteiger partial charge on any atom is 0.160 e.